The second-order valence-electron chi connectivity index (χ2n) is 4.13. The van der Waals surface area contributed by atoms with Crippen molar-refractivity contribution >= 4 is 16.9 Å². The molecule has 0 bridgehead atoms. The van der Waals surface area contributed by atoms with E-state index in [1.54, 1.807) is 0 Å². The number of nitrogens with zero attached hydrogens (tertiary/aromatic N) is 2. The lowest BCUT2D eigenvalue weighted by atomic mass is 10.1. The Morgan fingerprint density at radius 2 is 2.06 bits per heavy atom. The van der Waals surface area contributed by atoms with E-state index < -0.39 is 5.97 Å². The number of aryl methyl sites for hydroxylation is 3. The standard InChI is InChI=1S/C13H14N2O2/c1-8-3-4-10-11(5-6-13(16)17)14-9(2)15-12(10)7-8/h3-4,7H,5-6H2,1-2H3,(H,16,17). The number of carboxylic acid groups (broad SMARTS) is 1. The van der Waals surface area contributed by atoms with Gasteiger partial charge in [-0.3, -0.25) is 4.79 Å². The Hall–Kier alpha value is -1.97. The highest BCUT2D eigenvalue weighted by Gasteiger charge is 2.07. The van der Waals surface area contributed by atoms with Crippen molar-refractivity contribution in [1.82, 2.24) is 9.97 Å². The van der Waals surface area contributed by atoms with Crippen molar-refractivity contribution in [3.63, 3.8) is 0 Å². The zero-order chi connectivity index (χ0) is 12.4. The summed E-state index contributed by atoms with van der Waals surface area (Å²) in [4.78, 5) is 19.3. The van der Waals surface area contributed by atoms with Gasteiger partial charge in [-0.15, -0.1) is 0 Å². The van der Waals surface area contributed by atoms with Crippen molar-refractivity contribution in [3.8, 4) is 0 Å². The van der Waals surface area contributed by atoms with E-state index >= 15 is 0 Å². The van der Waals surface area contributed by atoms with Crippen molar-refractivity contribution in [2.24, 2.45) is 0 Å². The highest BCUT2D eigenvalue weighted by Crippen LogP contribution is 2.18. The predicted octanol–water partition coefficient (Wildman–Crippen LogP) is 2.26. The highest BCUT2D eigenvalue weighted by molar-refractivity contribution is 5.82. The molecule has 4 heteroatoms. The van der Waals surface area contributed by atoms with Crippen LogP contribution in [0.25, 0.3) is 10.9 Å². The first-order valence-electron chi connectivity index (χ1n) is 5.52. The number of carbonyl (C=O) groups is 1. The van der Waals surface area contributed by atoms with Gasteiger partial charge in [-0.2, -0.15) is 0 Å². The number of hydrogen-bond acceptors (Lipinski definition) is 3. The molecule has 17 heavy (non-hydrogen) atoms. The second-order valence-corrected chi connectivity index (χ2v) is 4.13. The van der Waals surface area contributed by atoms with Gasteiger partial charge >= 0.3 is 5.97 Å². The molecule has 0 spiro atoms. The molecule has 1 heterocycles. The van der Waals surface area contributed by atoms with E-state index in [-0.39, 0.29) is 6.42 Å². The third-order valence-corrected chi connectivity index (χ3v) is 2.62. The van der Waals surface area contributed by atoms with Crippen LogP contribution < -0.4 is 0 Å². The summed E-state index contributed by atoms with van der Waals surface area (Å²) in [6.45, 7) is 3.83. The molecular formula is C13H14N2O2. The molecule has 2 rings (SSSR count). The average molecular weight is 230 g/mol. The number of aromatic nitrogens is 2. The van der Waals surface area contributed by atoms with Crippen molar-refractivity contribution in [3.05, 3.63) is 35.3 Å². The molecule has 0 radical (unpaired) electrons. The summed E-state index contributed by atoms with van der Waals surface area (Å²) in [5.74, 6) is -0.120. The maximum atomic E-state index is 10.6. The quantitative estimate of drug-likeness (QED) is 0.878. The van der Waals surface area contributed by atoms with Gasteiger partial charge in [-0.05, 0) is 25.5 Å². The molecule has 1 aromatic heterocycles. The Morgan fingerprint density at radius 3 is 2.76 bits per heavy atom. The maximum Gasteiger partial charge on any atom is 0.303 e. The predicted molar refractivity (Wildman–Crippen MR) is 65.0 cm³/mol. The molecule has 0 fully saturated rings. The molecule has 0 saturated carbocycles. The summed E-state index contributed by atoms with van der Waals surface area (Å²) in [5, 5.41) is 9.66. The molecule has 1 aromatic carbocycles. The van der Waals surface area contributed by atoms with Crippen LogP contribution in [0.4, 0.5) is 0 Å². The third kappa shape index (κ3) is 2.58. The molecule has 0 atom stereocenters. The number of benzene rings is 1. The topological polar surface area (TPSA) is 63.1 Å². The molecule has 0 saturated heterocycles. The number of aliphatic carboxylic acids is 1. The van der Waals surface area contributed by atoms with Gasteiger partial charge in [0.05, 0.1) is 17.6 Å². The molecule has 0 aliphatic rings. The first-order valence-corrected chi connectivity index (χ1v) is 5.52. The molecule has 0 amide bonds. The summed E-state index contributed by atoms with van der Waals surface area (Å²) in [6.07, 6.45) is 0.539. The lowest BCUT2D eigenvalue weighted by molar-refractivity contribution is -0.136. The highest BCUT2D eigenvalue weighted by atomic mass is 16.4. The molecule has 0 aliphatic heterocycles. The second kappa shape index (κ2) is 4.49. The van der Waals surface area contributed by atoms with Gasteiger partial charge in [0, 0.05) is 11.8 Å². The zero-order valence-electron chi connectivity index (χ0n) is 9.90. The van der Waals surface area contributed by atoms with E-state index in [9.17, 15) is 4.79 Å². The van der Waals surface area contributed by atoms with E-state index in [0.717, 1.165) is 22.2 Å². The lowest BCUT2D eigenvalue weighted by Crippen LogP contribution is -2.02. The van der Waals surface area contributed by atoms with Crippen LogP contribution in [0.15, 0.2) is 18.2 Å². The fourth-order valence-electron chi connectivity index (χ4n) is 1.85. The molecule has 88 valence electrons. The Balaban J connectivity index is 2.50. The molecule has 0 unspecified atom stereocenters. The minimum atomic E-state index is -0.804. The van der Waals surface area contributed by atoms with Crippen molar-refractivity contribution in [2.45, 2.75) is 26.7 Å². The van der Waals surface area contributed by atoms with Gasteiger partial charge in [0.25, 0.3) is 0 Å². The summed E-state index contributed by atoms with van der Waals surface area (Å²) in [6, 6.07) is 5.95. The van der Waals surface area contributed by atoms with E-state index in [1.165, 1.54) is 0 Å². The normalized spacial score (nSPS) is 10.7. The minimum Gasteiger partial charge on any atom is -0.481 e. The molecular weight excluding hydrogens is 216 g/mol. The Kier molecular flexibility index (Phi) is 3.04. The van der Waals surface area contributed by atoms with Crippen LogP contribution >= 0.6 is 0 Å². The molecule has 0 aliphatic carbocycles. The van der Waals surface area contributed by atoms with E-state index in [0.29, 0.717) is 12.2 Å². The average Bonchev–Trinajstić information content (AvgIpc) is 2.24. The molecule has 2 aromatic rings. The van der Waals surface area contributed by atoms with E-state index in [4.69, 9.17) is 5.11 Å². The van der Waals surface area contributed by atoms with Crippen LogP contribution in [-0.4, -0.2) is 21.0 Å². The fraction of sp³-hybridized carbons (Fsp3) is 0.308. The Bertz CT molecular complexity index is 574. The number of fused-ring (bicyclic) bond motifs is 1. The van der Waals surface area contributed by atoms with Crippen molar-refractivity contribution < 1.29 is 9.90 Å². The van der Waals surface area contributed by atoms with Crippen molar-refractivity contribution in [1.29, 1.82) is 0 Å². The van der Waals surface area contributed by atoms with Gasteiger partial charge in [0.1, 0.15) is 5.82 Å². The van der Waals surface area contributed by atoms with Gasteiger partial charge in [0.2, 0.25) is 0 Å². The van der Waals surface area contributed by atoms with E-state index in [2.05, 4.69) is 9.97 Å². The van der Waals surface area contributed by atoms with Gasteiger partial charge in [-0.1, -0.05) is 12.1 Å². The van der Waals surface area contributed by atoms with Gasteiger partial charge in [-0.25, -0.2) is 9.97 Å². The zero-order valence-corrected chi connectivity index (χ0v) is 9.90. The summed E-state index contributed by atoms with van der Waals surface area (Å²) < 4.78 is 0. The smallest absolute Gasteiger partial charge is 0.303 e. The Labute approximate surface area is 99.3 Å². The summed E-state index contributed by atoms with van der Waals surface area (Å²) in [7, 11) is 0. The van der Waals surface area contributed by atoms with Crippen LogP contribution in [0.5, 0.6) is 0 Å². The number of hydrogen-bond donors (Lipinski definition) is 1. The summed E-state index contributed by atoms with van der Waals surface area (Å²) in [5.41, 5.74) is 2.84. The van der Waals surface area contributed by atoms with Crippen LogP contribution in [0.2, 0.25) is 0 Å². The summed E-state index contributed by atoms with van der Waals surface area (Å²) >= 11 is 0. The van der Waals surface area contributed by atoms with E-state index in [1.807, 2.05) is 32.0 Å². The largest absolute Gasteiger partial charge is 0.481 e. The molecule has 1 N–H and O–H groups in total. The third-order valence-electron chi connectivity index (χ3n) is 2.62. The van der Waals surface area contributed by atoms with Crippen LogP contribution in [0, 0.1) is 13.8 Å². The lowest BCUT2D eigenvalue weighted by Gasteiger charge is -2.06. The first kappa shape index (κ1) is 11.5. The number of carboxylic acids is 1. The number of rotatable bonds is 3. The van der Waals surface area contributed by atoms with Crippen molar-refractivity contribution in [2.75, 3.05) is 0 Å². The fourth-order valence-corrected chi connectivity index (χ4v) is 1.85. The molecule has 4 nitrogen and oxygen atoms in total. The SMILES string of the molecule is Cc1ccc2c(CCC(=O)O)nc(C)nc2c1. The van der Waals surface area contributed by atoms with Crippen LogP contribution in [0.1, 0.15) is 23.5 Å². The maximum absolute atomic E-state index is 10.6. The Morgan fingerprint density at radius 1 is 1.29 bits per heavy atom. The minimum absolute atomic E-state index is 0.0967. The van der Waals surface area contributed by atoms with Crippen LogP contribution in [0.3, 0.4) is 0 Å². The van der Waals surface area contributed by atoms with Gasteiger partial charge < -0.3 is 5.11 Å². The first-order chi connectivity index (χ1) is 8.06. The van der Waals surface area contributed by atoms with Gasteiger partial charge in [0.15, 0.2) is 0 Å². The van der Waals surface area contributed by atoms with Crippen LogP contribution in [-0.2, 0) is 11.2 Å². The monoisotopic (exact) mass is 230 g/mol.